The van der Waals surface area contributed by atoms with Gasteiger partial charge in [-0.2, -0.15) is 0 Å². The van der Waals surface area contributed by atoms with Crippen LogP contribution in [0.15, 0.2) is 45.8 Å². The van der Waals surface area contributed by atoms with Gasteiger partial charge in [-0.25, -0.2) is 13.4 Å². The van der Waals surface area contributed by atoms with Crippen molar-refractivity contribution >= 4 is 66.3 Å². The molecule has 0 aromatic heterocycles. The molecule has 2 aromatic rings. The number of benzene rings is 2. The number of anilines is 2. The molecule has 1 atom stereocenters. The summed E-state index contributed by atoms with van der Waals surface area (Å²) in [6, 6.07) is 10.1. The summed E-state index contributed by atoms with van der Waals surface area (Å²) < 4.78 is 32.0. The van der Waals surface area contributed by atoms with Gasteiger partial charge >= 0.3 is 0 Å². The Morgan fingerprint density at radius 3 is 2.71 bits per heavy atom. The maximum Gasteiger partial charge on any atom is 0.258 e. The zero-order valence-corrected chi connectivity index (χ0v) is 20.5. The first-order chi connectivity index (χ1) is 14.7. The average Bonchev–Trinajstić information content (AvgIpc) is 3.12. The Morgan fingerprint density at radius 2 is 2.00 bits per heavy atom. The summed E-state index contributed by atoms with van der Waals surface area (Å²) in [7, 11) is -2.59. The fourth-order valence-corrected chi connectivity index (χ4v) is 5.65. The van der Waals surface area contributed by atoms with Gasteiger partial charge in [-0.1, -0.05) is 23.7 Å². The normalized spacial score (nSPS) is 16.9. The molecule has 1 heterocycles. The Bertz CT molecular complexity index is 1070. The summed E-state index contributed by atoms with van der Waals surface area (Å²) >= 11 is 14.9. The van der Waals surface area contributed by atoms with Gasteiger partial charge in [0, 0.05) is 24.2 Å². The molecule has 2 aromatic carbocycles. The molecule has 3 rings (SSSR count). The number of hydrogen-bond donors (Lipinski definition) is 4. The Morgan fingerprint density at radius 1 is 1.29 bits per heavy atom. The lowest BCUT2D eigenvalue weighted by atomic mass is 10.2. The number of phenolic OH excluding ortho intramolecular Hbond substituents is 1. The third-order valence-electron chi connectivity index (χ3n) is 4.70. The molecule has 1 aliphatic heterocycles. The zero-order valence-electron chi connectivity index (χ0n) is 16.6. The van der Waals surface area contributed by atoms with Crippen LogP contribution in [0.4, 0.5) is 11.4 Å². The van der Waals surface area contributed by atoms with Crippen LogP contribution in [-0.4, -0.2) is 49.9 Å². The smallest absolute Gasteiger partial charge is 0.258 e. The van der Waals surface area contributed by atoms with Gasteiger partial charge in [0.25, 0.3) is 10.0 Å². The van der Waals surface area contributed by atoms with Gasteiger partial charge < -0.3 is 20.5 Å². The minimum atomic E-state index is -4.15. The van der Waals surface area contributed by atoms with Crippen LogP contribution < -0.4 is 15.5 Å². The SMILES string of the molecule is COC[C@@H]1CCCN1NS(=O)(=O)c1c(Cl)ccc(NC(=S)Nc2ccccc2Br)c1O. The van der Waals surface area contributed by atoms with Crippen LogP contribution in [0.25, 0.3) is 0 Å². The van der Waals surface area contributed by atoms with Crippen LogP contribution in [0.3, 0.4) is 0 Å². The average molecular weight is 550 g/mol. The summed E-state index contributed by atoms with van der Waals surface area (Å²) in [4.78, 5) is 2.09. The van der Waals surface area contributed by atoms with E-state index in [4.69, 9.17) is 28.6 Å². The summed E-state index contributed by atoms with van der Waals surface area (Å²) in [5.74, 6) is -0.529. The van der Waals surface area contributed by atoms with Crippen molar-refractivity contribution in [3.8, 4) is 5.75 Å². The van der Waals surface area contributed by atoms with Gasteiger partial charge in [0.2, 0.25) is 0 Å². The monoisotopic (exact) mass is 548 g/mol. The Labute approximate surface area is 200 Å². The largest absolute Gasteiger partial charge is 0.504 e. The molecular weight excluding hydrogens is 528 g/mol. The fraction of sp³-hybridized carbons (Fsp3) is 0.316. The number of ether oxygens (including phenoxy) is 1. The van der Waals surface area contributed by atoms with Crippen LogP contribution >= 0.6 is 39.7 Å². The van der Waals surface area contributed by atoms with Gasteiger partial charge in [-0.3, -0.25) is 0 Å². The minimum absolute atomic E-state index is 0.0944. The van der Waals surface area contributed by atoms with Gasteiger partial charge in [-0.05, 0) is 65.3 Å². The number of para-hydroxylation sites is 1. The van der Waals surface area contributed by atoms with E-state index >= 15 is 0 Å². The lowest BCUT2D eigenvalue weighted by Gasteiger charge is -2.25. The molecule has 12 heteroatoms. The molecule has 0 amide bonds. The van der Waals surface area contributed by atoms with Gasteiger partial charge in [0.15, 0.2) is 10.9 Å². The van der Waals surface area contributed by atoms with Crippen LogP contribution in [0.1, 0.15) is 12.8 Å². The topological polar surface area (TPSA) is 103 Å². The first-order valence-corrected chi connectivity index (χ1v) is 12.4. The van der Waals surface area contributed by atoms with Crippen molar-refractivity contribution < 1.29 is 18.3 Å². The van der Waals surface area contributed by atoms with Crippen molar-refractivity contribution in [2.24, 2.45) is 0 Å². The van der Waals surface area contributed by atoms with Gasteiger partial charge in [0.1, 0.15) is 4.90 Å². The van der Waals surface area contributed by atoms with E-state index in [9.17, 15) is 13.5 Å². The quantitative estimate of drug-likeness (QED) is 0.304. The van der Waals surface area contributed by atoms with E-state index in [0.717, 1.165) is 17.3 Å². The van der Waals surface area contributed by atoms with Crippen molar-refractivity contribution in [3.05, 3.63) is 45.9 Å². The summed E-state index contributed by atoms with van der Waals surface area (Å²) in [5, 5.41) is 18.2. The number of halogens is 2. The molecule has 0 unspecified atom stereocenters. The van der Waals surface area contributed by atoms with E-state index < -0.39 is 20.7 Å². The number of aromatic hydroxyl groups is 1. The second-order valence-electron chi connectivity index (χ2n) is 6.87. The second kappa shape index (κ2) is 10.4. The fourth-order valence-electron chi connectivity index (χ4n) is 3.26. The molecule has 0 spiro atoms. The molecule has 1 aliphatic rings. The molecule has 8 nitrogen and oxygen atoms in total. The molecule has 1 saturated heterocycles. The molecule has 0 saturated carbocycles. The lowest BCUT2D eigenvalue weighted by Crippen LogP contribution is -2.46. The van der Waals surface area contributed by atoms with Crippen molar-refractivity contribution in [2.75, 3.05) is 30.9 Å². The van der Waals surface area contributed by atoms with Crippen LogP contribution in [0, 0.1) is 0 Å². The number of thiocarbonyl (C=S) groups is 1. The molecule has 168 valence electrons. The highest BCUT2D eigenvalue weighted by Crippen LogP contribution is 2.37. The predicted molar refractivity (Wildman–Crippen MR) is 129 cm³/mol. The first-order valence-electron chi connectivity index (χ1n) is 9.35. The van der Waals surface area contributed by atoms with Crippen molar-refractivity contribution in [1.82, 2.24) is 9.84 Å². The molecule has 1 fully saturated rings. The van der Waals surface area contributed by atoms with Crippen LogP contribution in [0.5, 0.6) is 5.75 Å². The van der Waals surface area contributed by atoms with Gasteiger partial charge in [-0.15, -0.1) is 4.83 Å². The Balaban J connectivity index is 1.81. The number of hydrazine groups is 1. The Kier molecular flexibility index (Phi) is 8.14. The maximum atomic E-state index is 13.0. The molecule has 0 aliphatic carbocycles. The number of sulfonamides is 1. The molecule has 0 bridgehead atoms. The third-order valence-corrected chi connectivity index (χ3v) is 7.44. The minimum Gasteiger partial charge on any atom is -0.504 e. The lowest BCUT2D eigenvalue weighted by molar-refractivity contribution is 0.104. The van der Waals surface area contributed by atoms with Crippen molar-refractivity contribution in [2.45, 2.75) is 23.8 Å². The standard InChI is InChI=1S/C19H22BrClN4O4S2/c1-29-11-12-5-4-10-25(12)24-31(27,28)18-14(21)8-9-16(17(18)26)23-19(30)22-15-7-3-2-6-13(15)20/h2-3,6-9,12,24,26H,4-5,10-11H2,1H3,(H2,22,23,30)/t12-/m0/s1. The predicted octanol–water partition coefficient (Wildman–Crippen LogP) is 3.92. The number of hydrogen-bond acceptors (Lipinski definition) is 6. The number of nitrogens with one attached hydrogen (secondary N) is 3. The summed E-state index contributed by atoms with van der Waals surface area (Å²) in [6.45, 7) is 0.919. The summed E-state index contributed by atoms with van der Waals surface area (Å²) in [6.07, 6.45) is 1.62. The molecular formula is C19H22BrClN4O4S2. The van der Waals surface area contributed by atoms with Crippen molar-refractivity contribution in [3.63, 3.8) is 0 Å². The third kappa shape index (κ3) is 5.86. The number of methoxy groups -OCH3 is 1. The van der Waals surface area contributed by atoms with Crippen LogP contribution in [0.2, 0.25) is 5.02 Å². The van der Waals surface area contributed by atoms with E-state index in [1.807, 2.05) is 24.3 Å². The van der Waals surface area contributed by atoms with E-state index in [1.165, 1.54) is 12.1 Å². The van der Waals surface area contributed by atoms with Crippen LogP contribution in [-0.2, 0) is 14.8 Å². The molecule has 4 N–H and O–H groups in total. The van der Waals surface area contributed by atoms with E-state index in [0.29, 0.717) is 18.8 Å². The second-order valence-corrected chi connectivity index (χ2v) is 10.1. The highest BCUT2D eigenvalue weighted by Gasteiger charge is 2.32. The number of rotatable bonds is 7. The first kappa shape index (κ1) is 24.2. The van der Waals surface area contributed by atoms with Gasteiger partial charge in [0.05, 0.1) is 23.0 Å². The van der Waals surface area contributed by atoms with Crippen molar-refractivity contribution in [1.29, 1.82) is 0 Å². The zero-order chi connectivity index (χ0) is 22.6. The molecule has 31 heavy (non-hydrogen) atoms. The highest BCUT2D eigenvalue weighted by molar-refractivity contribution is 9.10. The number of nitrogens with zero attached hydrogens (tertiary/aromatic N) is 1. The molecule has 0 radical (unpaired) electrons. The Hall–Kier alpha value is -1.47. The summed E-state index contributed by atoms with van der Waals surface area (Å²) in [5.41, 5.74) is 0.811. The van der Waals surface area contributed by atoms with E-state index in [-0.39, 0.29) is 21.9 Å². The van der Waals surface area contributed by atoms with E-state index in [1.54, 1.807) is 12.1 Å². The highest BCUT2D eigenvalue weighted by atomic mass is 79.9. The maximum absolute atomic E-state index is 13.0. The number of phenols is 1. The van der Waals surface area contributed by atoms with E-state index in [2.05, 4.69) is 31.4 Å².